The van der Waals surface area contributed by atoms with E-state index in [2.05, 4.69) is 10.3 Å². The van der Waals surface area contributed by atoms with Crippen LogP contribution in [0.15, 0.2) is 96.2 Å². The number of alkyl halides is 3. The first-order chi connectivity index (χ1) is 25.0. The third-order valence-corrected chi connectivity index (χ3v) is 10.2. The lowest BCUT2D eigenvalue weighted by molar-refractivity contribution is -0.245. The van der Waals surface area contributed by atoms with E-state index in [0.717, 1.165) is 33.4 Å². The maximum absolute atomic E-state index is 13.1. The summed E-state index contributed by atoms with van der Waals surface area (Å²) >= 11 is 1.30. The number of likely N-dealkylation sites (tertiary alicyclic amines) is 1. The maximum atomic E-state index is 13.1. The molecule has 2 amide bonds. The van der Waals surface area contributed by atoms with Crippen LogP contribution in [-0.4, -0.2) is 68.5 Å². The predicted octanol–water partition coefficient (Wildman–Crippen LogP) is 6.45. The Bertz CT molecular complexity index is 1890. The Balaban J connectivity index is 1.17. The number of rotatable bonds is 11. The first kappa shape index (κ1) is 37.0. The van der Waals surface area contributed by atoms with Crippen LogP contribution in [0.5, 0.6) is 0 Å². The minimum Gasteiger partial charge on any atom is -0.478 e. The van der Waals surface area contributed by atoms with Crippen molar-refractivity contribution >= 4 is 29.5 Å². The third-order valence-electron chi connectivity index (χ3n) is 9.05. The van der Waals surface area contributed by atoms with Gasteiger partial charge >= 0.3 is 18.1 Å². The van der Waals surface area contributed by atoms with Gasteiger partial charge in [0.05, 0.1) is 24.4 Å². The van der Waals surface area contributed by atoms with Crippen LogP contribution in [0.2, 0.25) is 0 Å². The molecule has 4 unspecified atom stereocenters. The standard InChI is InChI=1S/C38H36F3N3O7S/c39-38(40,41)37(49)44-18-4-8-31(44)33(46)43-20-27-5-1-2-6-29(27)24-13-15-26(16-14-24)36-50-28(22-52-34-30(35(47)48)7-3-17-42-34)19-32(51-36)25-11-9-23(21-45)10-12-25/h1-3,5-7,9-17,28,31-32,36,45H,4,8,18-22H2,(H,43,46)(H,47,48). The fourth-order valence-electron chi connectivity index (χ4n) is 6.38. The van der Waals surface area contributed by atoms with Gasteiger partial charge in [-0.3, -0.25) is 9.59 Å². The molecule has 272 valence electrons. The average Bonchev–Trinajstić information content (AvgIpc) is 3.66. The highest BCUT2D eigenvalue weighted by Crippen LogP contribution is 2.40. The lowest BCUT2D eigenvalue weighted by atomic mass is 9.97. The number of hydrogen-bond donors (Lipinski definition) is 3. The van der Waals surface area contributed by atoms with E-state index in [4.69, 9.17) is 9.47 Å². The number of carboxylic acid groups (broad SMARTS) is 1. The largest absolute Gasteiger partial charge is 0.478 e. The molecule has 0 radical (unpaired) electrons. The Morgan fingerprint density at radius 1 is 0.942 bits per heavy atom. The van der Waals surface area contributed by atoms with Crippen molar-refractivity contribution in [3.8, 4) is 11.1 Å². The zero-order chi connectivity index (χ0) is 36.8. The van der Waals surface area contributed by atoms with Crippen molar-refractivity contribution in [3.05, 3.63) is 119 Å². The normalized spacial score (nSPS) is 20.4. The summed E-state index contributed by atoms with van der Waals surface area (Å²) in [5.41, 5.74) is 4.87. The number of hydrogen-bond acceptors (Lipinski definition) is 8. The van der Waals surface area contributed by atoms with Gasteiger partial charge in [-0.15, -0.1) is 11.8 Å². The van der Waals surface area contributed by atoms with E-state index in [1.54, 1.807) is 18.3 Å². The maximum Gasteiger partial charge on any atom is 0.471 e. The minimum absolute atomic E-state index is 0.0477. The van der Waals surface area contributed by atoms with Gasteiger partial charge in [0.15, 0.2) is 6.29 Å². The summed E-state index contributed by atoms with van der Waals surface area (Å²) in [6.45, 7) is -0.164. The Morgan fingerprint density at radius 3 is 2.38 bits per heavy atom. The number of nitrogens with zero attached hydrogens (tertiary/aromatic N) is 2. The molecule has 3 heterocycles. The van der Waals surface area contributed by atoms with Crippen LogP contribution in [0.25, 0.3) is 11.1 Å². The summed E-state index contributed by atoms with van der Waals surface area (Å²) in [5, 5.41) is 22.2. The number of carbonyl (C=O) groups is 3. The van der Waals surface area contributed by atoms with E-state index in [1.165, 1.54) is 17.8 Å². The number of benzene rings is 3. The van der Waals surface area contributed by atoms with E-state index >= 15 is 0 Å². The van der Waals surface area contributed by atoms with E-state index in [9.17, 15) is 37.8 Å². The number of carbonyl (C=O) groups excluding carboxylic acids is 2. The van der Waals surface area contributed by atoms with Crippen LogP contribution < -0.4 is 5.32 Å². The number of aliphatic hydroxyl groups excluding tert-OH is 1. The number of aromatic carboxylic acids is 1. The molecule has 52 heavy (non-hydrogen) atoms. The minimum atomic E-state index is -5.05. The molecule has 0 saturated carbocycles. The van der Waals surface area contributed by atoms with Crippen molar-refractivity contribution in [1.29, 1.82) is 0 Å². The number of halogens is 3. The molecule has 4 aromatic rings. The van der Waals surface area contributed by atoms with Gasteiger partial charge in [-0.25, -0.2) is 9.78 Å². The predicted molar refractivity (Wildman–Crippen MR) is 185 cm³/mol. The SMILES string of the molecule is O=C(O)c1cccnc1SCC1CC(c2ccc(CO)cc2)OC(c2ccc(-c3ccccc3CNC(=O)C3CCCN3C(=O)C(F)(F)F)cc2)O1. The van der Waals surface area contributed by atoms with E-state index in [1.807, 2.05) is 66.7 Å². The van der Waals surface area contributed by atoms with E-state index in [0.29, 0.717) is 28.5 Å². The van der Waals surface area contributed by atoms with Crippen molar-refractivity contribution in [2.24, 2.45) is 0 Å². The van der Waals surface area contributed by atoms with Crippen LogP contribution >= 0.6 is 11.8 Å². The molecule has 0 spiro atoms. The van der Waals surface area contributed by atoms with E-state index in [-0.39, 0.29) is 43.9 Å². The van der Waals surface area contributed by atoms with Crippen LogP contribution in [0.1, 0.15) is 64.3 Å². The number of aromatic nitrogens is 1. The molecular formula is C38H36F3N3O7S. The highest BCUT2D eigenvalue weighted by atomic mass is 32.2. The van der Waals surface area contributed by atoms with Gasteiger partial charge in [0.25, 0.3) is 0 Å². The van der Waals surface area contributed by atoms with Crippen LogP contribution in [0.3, 0.4) is 0 Å². The fourth-order valence-corrected chi connectivity index (χ4v) is 7.39. The zero-order valence-electron chi connectivity index (χ0n) is 27.8. The molecule has 2 aliphatic rings. The number of pyridine rings is 1. The number of thioether (sulfide) groups is 1. The molecule has 0 bridgehead atoms. The summed E-state index contributed by atoms with van der Waals surface area (Å²) in [6, 6.07) is 24.2. The summed E-state index contributed by atoms with van der Waals surface area (Å²) in [5.74, 6) is -3.29. The van der Waals surface area contributed by atoms with Crippen molar-refractivity contribution in [2.45, 2.75) is 68.2 Å². The third kappa shape index (κ3) is 8.64. The Kier molecular flexibility index (Phi) is 11.6. The molecular weight excluding hydrogens is 699 g/mol. The second kappa shape index (κ2) is 16.3. The van der Waals surface area contributed by atoms with Crippen molar-refractivity contribution < 1.29 is 47.2 Å². The number of amides is 2. The van der Waals surface area contributed by atoms with Crippen molar-refractivity contribution in [1.82, 2.24) is 15.2 Å². The number of aliphatic hydroxyl groups is 1. The molecule has 6 rings (SSSR count). The summed E-state index contributed by atoms with van der Waals surface area (Å²) in [7, 11) is 0. The van der Waals surface area contributed by atoms with Gasteiger partial charge < -0.3 is 29.9 Å². The second-order valence-electron chi connectivity index (χ2n) is 12.5. The van der Waals surface area contributed by atoms with Crippen molar-refractivity contribution in [3.63, 3.8) is 0 Å². The number of carboxylic acids is 1. The molecule has 2 fully saturated rings. The first-order valence-electron chi connectivity index (χ1n) is 16.7. The van der Waals surface area contributed by atoms with Crippen LogP contribution in [-0.2, 0) is 32.2 Å². The second-order valence-corrected chi connectivity index (χ2v) is 13.5. The molecule has 0 aliphatic carbocycles. The highest BCUT2D eigenvalue weighted by Gasteiger charge is 2.47. The van der Waals surface area contributed by atoms with Gasteiger partial charge in [-0.2, -0.15) is 13.2 Å². The molecule has 2 saturated heterocycles. The van der Waals surface area contributed by atoms with Gasteiger partial charge in [-0.05, 0) is 52.8 Å². The van der Waals surface area contributed by atoms with E-state index < -0.39 is 36.3 Å². The van der Waals surface area contributed by atoms with Gasteiger partial charge in [-0.1, -0.05) is 72.8 Å². The molecule has 1 aromatic heterocycles. The Morgan fingerprint density at radius 2 is 1.67 bits per heavy atom. The zero-order valence-corrected chi connectivity index (χ0v) is 28.6. The summed E-state index contributed by atoms with van der Waals surface area (Å²) in [4.78, 5) is 41.4. The Hall–Kier alpha value is -4.76. The summed E-state index contributed by atoms with van der Waals surface area (Å²) < 4.78 is 52.1. The monoisotopic (exact) mass is 735 g/mol. The number of ether oxygens (including phenoxy) is 2. The summed E-state index contributed by atoms with van der Waals surface area (Å²) in [6.07, 6.45) is -3.99. The average molecular weight is 736 g/mol. The molecule has 10 nitrogen and oxygen atoms in total. The lowest BCUT2D eigenvalue weighted by Crippen LogP contribution is -2.50. The molecule has 14 heteroatoms. The fraction of sp³-hybridized carbons (Fsp3) is 0.316. The molecule has 3 N–H and O–H groups in total. The molecule has 4 atom stereocenters. The van der Waals surface area contributed by atoms with Crippen molar-refractivity contribution in [2.75, 3.05) is 12.3 Å². The van der Waals surface area contributed by atoms with Gasteiger partial charge in [0.1, 0.15) is 11.1 Å². The lowest BCUT2D eigenvalue weighted by Gasteiger charge is -2.36. The molecule has 2 aliphatic heterocycles. The topological polar surface area (TPSA) is 138 Å². The van der Waals surface area contributed by atoms with Crippen LogP contribution in [0, 0.1) is 0 Å². The quantitative estimate of drug-likeness (QED) is 0.149. The van der Waals surface area contributed by atoms with Gasteiger partial charge in [0.2, 0.25) is 5.91 Å². The number of nitrogens with one attached hydrogen (secondary N) is 1. The van der Waals surface area contributed by atoms with Gasteiger partial charge in [0, 0.05) is 37.0 Å². The smallest absolute Gasteiger partial charge is 0.471 e. The highest BCUT2D eigenvalue weighted by molar-refractivity contribution is 7.99. The van der Waals surface area contributed by atoms with Crippen LogP contribution in [0.4, 0.5) is 13.2 Å². The Labute approximate surface area is 302 Å². The first-order valence-corrected chi connectivity index (χ1v) is 17.7. The molecule has 3 aromatic carbocycles.